The fourth-order valence-corrected chi connectivity index (χ4v) is 2.90. The first-order valence-corrected chi connectivity index (χ1v) is 6.63. The minimum absolute atomic E-state index is 0.464. The van der Waals surface area contributed by atoms with E-state index in [2.05, 4.69) is 70.9 Å². The van der Waals surface area contributed by atoms with Gasteiger partial charge in [0.15, 0.2) is 0 Å². The molecule has 0 saturated carbocycles. The van der Waals surface area contributed by atoms with Crippen LogP contribution in [0.2, 0.25) is 6.82 Å². The Morgan fingerprint density at radius 3 is 1.72 bits per heavy atom. The van der Waals surface area contributed by atoms with Crippen LogP contribution >= 0.6 is 0 Å². The summed E-state index contributed by atoms with van der Waals surface area (Å²) in [7, 11) is 0. The van der Waals surface area contributed by atoms with Gasteiger partial charge in [-0.05, 0) is 27.7 Å². The van der Waals surface area contributed by atoms with Crippen LogP contribution in [0.5, 0.6) is 0 Å². The molecule has 0 radical (unpaired) electrons. The van der Waals surface area contributed by atoms with Crippen molar-refractivity contribution in [3.8, 4) is 0 Å². The smallest absolute Gasteiger partial charge is 0.0774 e. The summed E-state index contributed by atoms with van der Waals surface area (Å²) in [6.45, 7) is 11.5. The average Bonchev–Trinajstić information content (AvgIpc) is 2.28. The van der Waals surface area contributed by atoms with Crippen molar-refractivity contribution in [1.29, 1.82) is 0 Å². The molecule has 0 fully saturated rings. The van der Waals surface area contributed by atoms with Crippen molar-refractivity contribution >= 4 is 17.6 Å². The SMILES string of the molecule is CB(c1ccc(C)cc1)c1c(C)cc(C)cc1C. The minimum Gasteiger partial charge on any atom is -0.0774 e. The number of aryl methyl sites for hydroxylation is 4. The first kappa shape index (κ1) is 12.9. The van der Waals surface area contributed by atoms with E-state index in [9.17, 15) is 0 Å². The number of hydrogen-bond donors (Lipinski definition) is 0. The molecule has 0 unspecified atom stereocenters. The van der Waals surface area contributed by atoms with E-state index in [-0.39, 0.29) is 0 Å². The lowest BCUT2D eigenvalue weighted by Gasteiger charge is -2.16. The third-order valence-electron chi connectivity index (χ3n) is 3.75. The maximum absolute atomic E-state index is 2.30. The molecule has 2 rings (SSSR count). The van der Waals surface area contributed by atoms with Gasteiger partial charge in [-0.25, -0.2) is 0 Å². The van der Waals surface area contributed by atoms with E-state index >= 15 is 0 Å². The van der Waals surface area contributed by atoms with Crippen molar-refractivity contribution in [2.45, 2.75) is 34.5 Å². The van der Waals surface area contributed by atoms with Crippen LogP contribution in [-0.4, -0.2) is 6.71 Å². The van der Waals surface area contributed by atoms with Crippen molar-refractivity contribution in [3.63, 3.8) is 0 Å². The molecule has 2 aromatic rings. The second-order valence-electron chi connectivity index (χ2n) is 5.44. The Bertz CT molecular complexity index is 529. The zero-order valence-corrected chi connectivity index (χ0v) is 12.0. The van der Waals surface area contributed by atoms with Crippen LogP contribution in [0.25, 0.3) is 0 Å². The van der Waals surface area contributed by atoms with Gasteiger partial charge in [-0.15, -0.1) is 0 Å². The van der Waals surface area contributed by atoms with Crippen LogP contribution in [-0.2, 0) is 0 Å². The maximum Gasteiger partial charge on any atom is 0.206 e. The van der Waals surface area contributed by atoms with Gasteiger partial charge in [-0.3, -0.25) is 0 Å². The Morgan fingerprint density at radius 1 is 0.722 bits per heavy atom. The predicted molar refractivity (Wildman–Crippen MR) is 82.7 cm³/mol. The van der Waals surface area contributed by atoms with Crippen molar-refractivity contribution in [1.82, 2.24) is 0 Å². The highest BCUT2D eigenvalue weighted by molar-refractivity contribution is 6.84. The van der Waals surface area contributed by atoms with E-state index in [0.717, 1.165) is 0 Å². The van der Waals surface area contributed by atoms with E-state index in [1.54, 1.807) is 0 Å². The quantitative estimate of drug-likeness (QED) is 0.702. The minimum atomic E-state index is 0.464. The summed E-state index contributed by atoms with van der Waals surface area (Å²) in [4.78, 5) is 0. The Labute approximate surface area is 111 Å². The van der Waals surface area contributed by atoms with Gasteiger partial charge in [0.05, 0.1) is 0 Å². The number of hydrogen-bond acceptors (Lipinski definition) is 0. The van der Waals surface area contributed by atoms with Gasteiger partial charge >= 0.3 is 0 Å². The van der Waals surface area contributed by atoms with Crippen LogP contribution in [0.3, 0.4) is 0 Å². The molecular formula is C17H21B. The Balaban J connectivity index is 2.46. The molecule has 0 bridgehead atoms. The molecule has 1 heteroatoms. The van der Waals surface area contributed by atoms with Crippen molar-refractivity contribution < 1.29 is 0 Å². The molecule has 0 atom stereocenters. The molecule has 0 spiro atoms. The molecule has 0 nitrogen and oxygen atoms in total. The maximum atomic E-state index is 2.30. The van der Waals surface area contributed by atoms with Gasteiger partial charge in [0.1, 0.15) is 0 Å². The predicted octanol–water partition coefficient (Wildman–Crippen LogP) is 3.16. The van der Waals surface area contributed by atoms with Crippen LogP contribution in [0.1, 0.15) is 22.3 Å². The third-order valence-corrected chi connectivity index (χ3v) is 3.75. The van der Waals surface area contributed by atoms with Crippen LogP contribution in [0.4, 0.5) is 0 Å². The summed E-state index contributed by atoms with van der Waals surface area (Å²) in [5.74, 6) is 0. The highest BCUT2D eigenvalue weighted by Gasteiger charge is 2.17. The van der Waals surface area contributed by atoms with E-state index in [4.69, 9.17) is 0 Å². The van der Waals surface area contributed by atoms with Crippen molar-refractivity contribution in [2.24, 2.45) is 0 Å². The molecule has 0 saturated heterocycles. The standard InChI is InChI=1S/C17H21B/c1-12-6-8-16(9-7-12)18(5)17-14(3)10-13(2)11-15(17)4/h6-11H,1-5H3. The fraction of sp³-hybridized carbons (Fsp3) is 0.294. The summed E-state index contributed by atoms with van der Waals surface area (Å²) >= 11 is 0. The van der Waals surface area contributed by atoms with Crippen LogP contribution < -0.4 is 10.9 Å². The molecular weight excluding hydrogens is 215 g/mol. The van der Waals surface area contributed by atoms with Crippen LogP contribution in [0.15, 0.2) is 36.4 Å². The van der Waals surface area contributed by atoms with E-state index in [0.29, 0.717) is 6.71 Å². The highest BCUT2D eigenvalue weighted by atomic mass is 14.0. The zero-order valence-electron chi connectivity index (χ0n) is 12.0. The monoisotopic (exact) mass is 236 g/mol. The topological polar surface area (TPSA) is 0 Å². The largest absolute Gasteiger partial charge is 0.206 e. The number of rotatable bonds is 2. The Kier molecular flexibility index (Phi) is 3.61. The summed E-state index contributed by atoms with van der Waals surface area (Å²) in [6, 6.07) is 13.5. The summed E-state index contributed by atoms with van der Waals surface area (Å²) < 4.78 is 0. The summed E-state index contributed by atoms with van der Waals surface area (Å²) in [5.41, 5.74) is 8.36. The molecule has 0 N–H and O–H groups in total. The lowest BCUT2D eigenvalue weighted by atomic mass is 9.41. The second kappa shape index (κ2) is 5.01. The Hall–Kier alpha value is -1.50. The first-order valence-electron chi connectivity index (χ1n) is 6.63. The van der Waals surface area contributed by atoms with Crippen molar-refractivity contribution in [3.05, 3.63) is 58.7 Å². The molecule has 0 aromatic heterocycles. The average molecular weight is 236 g/mol. The van der Waals surface area contributed by atoms with E-state index < -0.39 is 0 Å². The summed E-state index contributed by atoms with van der Waals surface area (Å²) in [5, 5.41) is 0. The van der Waals surface area contributed by atoms with Gasteiger partial charge in [0, 0.05) is 0 Å². The number of benzene rings is 2. The first-order chi connectivity index (χ1) is 8.49. The molecule has 2 aromatic carbocycles. The molecule has 0 amide bonds. The normalized spacial score (nSPS) is 10.5. The van der Waals surface area contributed by atoms with E-state index in [1.165, 1.54) is 33.2 Å². The van der Waals surface area contributed by atoms with Gasteiger partial charge in [-0.1, -0.05) is 76.4 Å². The Morgan fingerprint density at radius 2 is 1.22 bits per heavy atom. The van der Waals surface area contributed by atoms with Gasteiger partial charge in [0.2, 0.25) is 6.71 Å². The molecule has 92 valence electrons. The van der Waals surface area contributed by atoms with E-state index in [1.807, 2.05) is 0 Å². The van der Waals surface area contributed by atoms with Gasteiger partial charge in [0.25, 0.3) is 0 Å². The lowest BCUT2D eigenvalue weighted by molar-refractivity contribution is 1.35. The zero-order chi connectivity index (χ0) is 13.3. The third kappa shape index (κ3) is 2.50. The molecule has 0 aliphatic heterocycles. The van der Waals surface area contributed by atoms with Gasteiger partial charge in [-0.2, -0.15) is 0 Å². The molecule has 18 heavy (non-hydrogen) atoms. The second-order valence-corrected chi connectivity index (χ2v) is 5.44. The molecule has 0 aliphatic rings. The summed E-state index contributed by atoms with van der Waals surface area (Å²) in [6.07, 6.45) is 0. The van der Waals surface area contributed by atoms with Crippen LogP contribution in [0, 0.1) is 27.7 Å². The molecule has 0 heterocycles. The molecule has 0 aliphatic carbocycles. The van der Waals surface area contributed by atoms with Gasteiger partial charge < -0.3 is 0 Å². The van der Waals surface area contributed by atoms with Crippen molar-refractivity contribution in [2.75, 3.05) is 0 Å². The lowest BCUT2D eigenvalue weighted by Crippen LogP contribution is -2.42. The highest BCUT2D eigenvalue weighted by Crippen LogP contribution is 2.08. The fourth-order valence-electron chi connectivity index (χ4n) is 2.90.